The van der Waals surface area contributed by atoms with E-state index in [1.807, 2.05) is 37.3 Å². The lowest BCUT2D eigenvalue weighted by Gasteiger charge is -2.45. The van der Waals surface area contributed by atoms with Gasteiger partial charge in [0.2, 0.25) is 0 Å². The van der Waals surface area contributed by atoms with Crippen LogP contribution in [0.1, 0.15) is 75.1 Å². The molecular weight excluding hydrogens is 456 g/mol. The van der Waals surface area contributed by atoms with Gasteiger partial charge in [-0.05, 0) is 56.2 Å². The Bertz CT molecular complexity index is 1040. The van der Waals surface area contributed by atoms with Gasteiger partial charge in [-0.1, -0.05) is 54.6 Å². The van der Waals surface area contributed by atoms with Gasteiger partial charge in [-0.2, -0.15) is 0 Å². The summed E-state index contributed by atoms with van der Waals surface area (Å²) < 4.78 is 11.0. The van der Waals surface area contributed by atoms with Crippen LogP contribution in [0, 0.1) is 0 Å². The Hall–Kier alpha value is -3.06. The van der Waals surface area contributed by atoms with Gasteiger partial charge in [-0.25, -0.2) is 9.59 Å². The molecule has 2 aliphatic heterocycles. The van der Waals surface area contributed by atoms with Crippen LogP contribution in [0.4, 0.5) is 9.59 Å². The van der Waals surface area contributed by atoms with Crippen LogP contribution in [-0.2, 0) is 15.1 Å². The van der Waals surface area contributed by atoms with Crippen molar-refractivity contribution < 1.29 is 24.2 Å². The van der Waals surface area contributed by atoms with E-state index in [-0.39, 0.29) is 18.2 Å². The van der Waals surface area contributed by atoms with Crippen molar-refractivity contribution in [1.29, 1.82) is 0 Å². The maximum absolute atomic E-state index is 13.3. The summed E-state index contributed by atoms with van der Waals surface area (Å²) in [5, 5.41) is 10.6. The molecule has 0 radical (unpaired) electrons. The number of benzene rings is 2. The van der Waals surface area contributed by atoms with Gasteiger partial charge >= 0.3 is 12.2 Å². The molecule has 194 valence electrons. The Balaban J connectivity index is 1.43. The first-order chi connectivity index (χ1) is 17.1. The lowest BCUT2D eigenvalue weighted by atomic mass is 9.80. The second-order valence-electron chi connectivity index (χ2n) is 10.7. The monoisotopic (exact) mass is 494 g/mol. The molecule has 2 aliphatic rings. The molecule has 2 saturated heterocycles. The van der Waals surface area contributed by atoms with Crippen molar-refractivity contribution in [1.82, 2.24) is 9.80 Å². The third kappa shape index (κ3) is 5.67. The van der Waals surface area contributed by atoms with Crippen molar-refractivity contribution in [2.75, 3.05) is 26.7 Å². The topological polar surface area (TPSA) is 79.3 Å². The van der Waals surface area contributed by atoms with Gasteiger partial charge in [0.15, 0.2) is 0 Å². The van der Waals surface area contributed by atoms with E-state index in [9.17, 15) is 14.7 Å². The Morgan fingerprint density at radius 3 is 2.31 bits per heavy atom. The smallest absolute Gasteiger partial charge is 0.411 e. The first-order valence-corrected chi connectivity index (χ1v) is 12.8. The summed E-state index contributed by atoms with van der Waals surface area (Å²) >= 11 is 0. The lowest BCUT2D eigenvalue weighted by Crippen LogP contribution is -2.51. The summed E-state index contributed by atoms with van der Waals surface area (Å²) in [7, 11) is 1.42. The van der Waals surface area contributed by atoms with Gasteiger partial charge < -0.3 is 24.4 Å². The zero-order chi connectivity index (χ0) is 25.9. The van der Waals surface area contributed by atoms with E-state index < -0.39 is 11.2 Å². The highest BCUT2D eigenvalue weighted by atomic mass is 16.6. The standard InChI is InChI=1S/C29H38N2O5/c1-21(22-10-12-23(13-11-22)24-14-17-30(18-15-24)26(32)35-4)31-19-16-29(36-27(31)33,20-28(2,3)34)25-8-6-5-7-9-25/h5-13,21,24,34H,14-20H2,1-4H3/t21-,29?/m0/s1. The Morgan fingerprint density at radius 1 is 1.11 bits per heavy atom. The molecule has 0 aromatic heterocycles. The molecule has 1 N–H and O–H groups in total. The van der Waals surface area contributed by atoms with Gasteiger partial charge in [0.25, 0.3) is 0 Å². The summed E-state index contributed by atoms with van der Waals surface area (Å²) in [4.78, 5) is 28.6. The van der Waals surface area contributed by atoms with Gasteiger partial charge in [0.1, 0.15) is 5.60 Å². The molecule has 0 bridgehead atoms. The highest BCUT2D eigenvalue weighted by Crippen LogP contribution is 2.42. The minimum Gasteiger partial charge on any atom is -0.453 e. The molecule has 2 fully saturated rings. The van der Waals surface area contributed by atoms with Crippen molar-refractivity contribution in [2.45, 2.75) is 69.6 Å². The number of carbonyl (C=O) groups excluding carboxylic acids is 2. The number of hydrogen-bond acceptors (Lipinski definition) is 5. The fraction of sp³-hybridized carbons (Fsp3) is 0.517. The maximum Gasteiger partial charge on any atom is 0.411 e. The van der Waals surface area contributed by atoms with Crippen LogP contribution in [0.3, 0.4) is 0 Å². The molecule has 2 amide bonds. The quantitative estimate of drug-likeness (QED) is 0.566. The number of aliphatic hydroxyl groups is 1. The number of methoxy groups -OCH3 is 1. The van der Waals surface area contributed by atoms with E-state index in [0.29, 0.717) is 38.4 Å². The Kier molecular flexibility index (Phi) is 7.59. The maximum atomic E-state index is 13.3. The number of carbonyl (C=O) groups is 2. The molecule has 2 aromatic rings. The number of ether oxygens (including phenoxy) is 2. The molecule has 2 atom stereocenters. The van der Waals surface area contributed by atoms with E-state index in [2.05, 4.69) is 24.3 Å². The second kappa shape index (κ2) is 10.5. The van der Waals surface area contributed by atoms with Crippen LogP contribution < -0.4 is 0 Å². The zero-order valence-electron chi connectivity index (χ0n) is 21.8. The summed E-state index contributed by atoms with van der Waals surface area (Å²) in [5.41, 5.74) is 1.39. The van der Waals surface area contributed by atoms with Crippen molar-refractivity contribution in [3.05, 3.63) is 71.3 Å². The van der Waals surface area contributed by atoms with Gasteiger partial charge in [-0.3, -0.25) is 0 Å². The number of amides is 2. The largest absolute Gasteiger partial charge is 0.453 e. The second-order valence-corrected chi connectivity index (χ2v) is 10.7. The van der Waals surface area contributed by atoms with E-state index in [4.69, 9.17) is 9.47 Å². The summed E-state index contributed by atoms with van der Waals surface area (Å²) in [6, 6.07) is 18.1. The molecular formula is C29H38N2O5. The van der Waals surface area contributed by atoms with Gasteiger partial charge in [0.05, 0.1) is 18.8 Å². The molecule has 0 spiro atoms. The number of likely N-dealkylation sites (tertiary alicyclic amines) is 1. The third-order valence-corrected chi connectivity index (χ3v) is 7.58. The number of rotatable bonds is 6. The van der Waals surface area contributed by atoms with Gasteiger partial charge in [-0.15, -0.1) is 0 Å². The predicted octanol–water partition coefficient (Wildman–Crippen LogP) is 5.59. The summed E-state index contributed by atoms with van der Waals surface area (Å²) in [5.74, 6) is 0.406. The number of cyclic esters (lactones) is 1. The first kappa shape index (κ1) is 26.0. The molecule has 0 saturated carbocycles. The van der Waals surface area contributed by atoms with Crippen LogP contribution in [0.5, 0.6) is 0 Å². The molecule has 1 unspecified atom stereocenters. The van der Waals surface area contributed by atoms with Crippen molar-refractivity contribution in [3.63, 3.8) is 0 Å². The van der Waals surface area contributed by atoms with Crippen LogP contribution in [-0.4, -0.2) is 59.4 Å². The van der Waals surface area contributed by atoms with E-state index in [1.165, 1.54) is 12.7 Å². The van der Waals surface area contributed by atoms with Crippen LogP contribution >= 0.6 is 0 Å². The van der Waals surface area contributed by atoms with Crippen molar-refractivity contribution in [3.8, 4) is 0 Å². The fourth-order valence-electron chi connectivity index (χ4n) is 5.64. The lowest BCUT2D eigenvalue weighted by molar-refractivity contribution is -0.101. The Morgan fingerprint density at radius 2 is 1.75 bits per heavy atom. The minimum absolute atomic E-state index is 0.136. The summed E-state index contributed by atoms with van der Waals surface area (Å²) in [6.07, 6.45) is 2.14. The average Bonchev–Trinajstić information content (AvgIpc) is 2.88. The van der Waals surface area contributed by atoms with Crippen LogP contribution in [0.25, 0.3) is 0 Å². The van der Waals surface area contributed by atoms with E-state index in [0.717, 1.165) is 24.0 Å². The SMILES string of the molecule is COC(=O)N1CCC(c2ccc([C@H](C)N3CCC(CC(C)(C)O)(c4ccccc4)OC3=O)cc2)CC1. The predicted molar refractivity (Wildman–Crippen MR) is 138 cm³/mol. The zero-order valence-corrected chi connectivity index (χ0v) is 21.8. The molecule has 7 nitrogen and oxygen atoms in total. The Labute approximate surface area is 214 Å². The van der Waals surface area contributed by atoms with E-state index in [1.54, 1.807) is 23.6 Å². The van der Waals surface area contributed by atoms with Gasteiger partial charge in [0, 0.05) is 32.5 Å². The van der Waals surface area contributed by atoms with Crippen molar-refractivity contribution in [2.24, 2.45) is 0 Å². The molecule has 2 heterocycles. The minimum atomic E-state index is -0.979. The number of hydrogen-bond donors (Lipinski definition) is 1. The molecule has 4 rings (SSSR count). The fourth-order valence-corrected chi connectivity index (χ4v) is 5.64. The highest BCUT2D eigenvalue weighted by molar-refractivity contribution is 5.70. The first-order valence-electron chi connectivity index (χ1n) is 12.8. The normalized spacial score (nSPS) is 22.2. The molecule has 36 heavy (non-hydrogen) atoms. The van der Waals surface area contributed by atoms with Crippen LogP contribution in [0.2, 0.25) is 0 Å². The molecule has 7 heteroatoms. The van der Waals surface area contributed by atoms with Crippen molar-refractivity contribution >= 4 is 12.2 Å². The van der Waals surface area contributed by atoms with E-state index >= 15 is 0 Å². The average molecular weight is 495 g/mol. The number of nitrogens with zero attached hydrogens (tertiary/aromatic N) is 2. The summed E-state index contributed by atoms with van der Waals surface area (Å²) in [6.45, 7) is 7.46. The van der Waals surface area contributed by atoms with Crippen LogP contribution in [0.15, 0.2) is 54.6 Å². The number of piperidine rings is 1. The molecule has 2 aromatic carbocycles. The highest BCUT2D eigenvalue weighted by Gasteiger charge is 2.46. The third-order valence-electron chi connectivity index (χ3n) is 7.58. The molecule has 0 aliphatic carbocycles.